The summed E-state index contributed by atoms with van der Waals surface area (Å²) in [4.78, 5) is 29.4. The van der Waals surface area contributed by atoms with Crippen LogP contribution in [0.25, 0.3) is 10.9 Å². The summed E-state index contributed by atoms with van der Waals surface area (Å²) in [6.07, 6.45) is 0.111. The lowest BCUT2D eigenvalue weighted by Gasteiger charge is -2.24. The minimum absolute atomic E-state index is 0.314. The Balaban J connectivity index is 2.24. The Kier molecular flexibility index (Phi) is 5.95. The van der Waals surface area contributed by atoms with Crippen molar-refractivity contribution < 1.29 is 19.1 Å². The fraction of sp³-hybridized carbons (Fsp3) is 0.500. The van der Waals surface area contributed by atoms with E-state index in [1.807, 2.05) is 45.9 Å². The lowest BCUT2D eigenvalue weighted by molar-refractivity contribution is 0.0300. The molecule has 2 rings (SSSR count). The summed E-state index contributed by atoms with van der Waals surface area (Å²) in [5, 5.41) is 0.846. The predicted molar refractivity (Wildman–Crippen MR) is 102 cm³/mol. The van der Waals surface area contributed by atoms with E-state index in [2.05, 4.69) is 4.98 Å². The number of carbonyl (C=O) groups is 2. The number of likely N-dealkylation sites (N-methyl/N-ethyl adjacent to an activating group) is 1. The smallest absolute Gasteiger partial charge is 0.410 e. The van der Waals surface area contributed by atoms with Gasteiger partial charge in [-0.05, 0) is 46.8 Å². The van der Waals surface area contributed by atoms with Gasteiger partial charge in [-0.1, -0.05) is 11.6 Å². The van der Waals surface area contributed by atoms with Crippen LogP contribution in [0.5, 0.6) is 0 Å². The molecule has 0 fully saturated rings. The largest absolute Gasteiger partial charge is 0.462 e. The zero-order valence-corrected chi connectivity index (χ0v) is 16.4. The summed E-state index contributed by atoms with van der Waals surface area (Å²) in [5.41, 5.74) is 2.72. The van der Waals surface area contributed by atoms with Crippen LogP contribution < -0.4 is 0 Å². The summed E-state index contributed by atoms with van der Waals surface area (Å²) >= 11 is 0. The van der Waals surface area contributed by atoms with Crippen LogP contribution in [-0.4, -0.2) is 47.7 Å². The molecule has 1 aromatic carbocycles. The minimum atomic E-state index is -0.542. The SMILES string of the molecule is CCOC(=O)c1c(CCN(C)C(=O)OC(C)(C)C)[nH]c2ccc(C)cc12. The van der Waals surface area contributed by atoms with Gasteiger partial charge in [0.05, 0.1) is 12.2 Å². The Morgan fingerprint density at radius 1 is 1.23 bits per heavy atom. The fourth-order valence-electron chi connectivity index (χ4n) is 2.70. The number of rotatable bonds is 5. The van der Waals surface area contributed by atoms with Gasteiger partial charge in [0, 0.05) is 36.6 Å². The van der Waals surface area contributed by atoms with Crippen molar-refractivity contribution in [3.8, 4) is 0 Å². The molecule has 6 heteroatoms. The van der Waals surface area contributed by atoms with Crippen LogP contribution in [0.1, 0.15) is 49.3 Å². The number of H-pyrrole nitrogens is 1. The molecular formula is C20H28N2O4. The summed E-state index contributed by atoms with van der Waals surface area (Å²) in [7, 11) is 1.69. The molecule has 0 unspecified atom stereocenters. The zero-order chi connectivity index (χ0) is 19.5. The Labute approximate surface area is 154 Å². The highest BCUT2D eigenvalue weighted by molar-refractivity contribution is 6.05. The van der Waals surface area contributed by atoms with Gasteiger partial charge in [0.2, 0.25) is 0 Å². The van der Waals surface area contributed by atoms with E-state index in [1.165, 1.54) is 4.90 Å². The standard InChI is InChI=1S/C20H28N2O4/c1-7-25-18(23)17-14-12-13(2)8-9-15(14)21-16(17)10-11-22(6)19(24)26-20(3,4)5/h8-9,12,21H,7,10-11H2,1-6H3. The molecule has 0 bridgehead atoms. The molecule has 1 N–H and O–H groups in total. The number of hydrogen-bond acceptors (Lipinski definition) is 4. The van der Waals surface area contributed by atoms with Gasteiger partial charge in [-0.25, -0.2) is 9.59 Å². The van der Waals surface area contributed by atoms with Crippen LogP contribution in [0.4, 0.5) is 4.79 Å². The summed E-state index contributed by atoms with van der Waals surface area (Å²) in [6, 6.07) is 5.91. The van der Waals surface area contributed by atoms with E-state index >= 15 is 0 Å². The first-order valence-electron chi connectivity index (χ1n) is 8.85. The molecule has 142 valence electrons. The second-order valence-corrected chi connectivity index (χ2v) is 7.40. The van der Waals surface area contributed by atoms with Gasteiger partial charge >= 0.3 is 12.1 Å². The normalized spacial score (nSPS) is 11.5. The maximum Gasteiger partial charge on any atom is 0.410 e. The molecule has 1 heterocycles. The second-order valence-electron chi connectivity index (χ2n) is 7.40. The molecule has 6 nitrogen and oxygen atoms in total. The third-order valence-corrected chi connectivity index (χ3v) is 3.91. The lowest BCUT2D eigenvalue weighted by Crippen LogP contribution is -2.35. The lowest BCUT2D eigenvalue weighted by atomic mass is 10.1. The first kappa shape index (κ1) is 19.8. The predicted octanol–water partition coefficient (Wildman–Crippen LogP) is 4.06. The number of aromatic amines is 1. The van der Waals surface area contributed by atoms with Gasteiger partial charge in [0.1, 0.15) is 5.60 Å². The third kappa shape index (κ3) is 4.77. The fourth-order valence-corrected chi connectivity index (χ4v) is 2.70. The van der Waals surface area contributed by atoms with Crippen molar-refractivity contribution in [1.29, 1.82) is 0 Å². The van der Waals surface area contributed by atoms with E-state index in [0.29, 0.717) is 25.1 Å². The second kappa shape index (κ2) is 7.81. The number of benzene rings is 1. The molecule has 0 atom stereocenters. The van der Waals surface area contributed by atoms with Gasteiger partial charge < -0.3 is 19.4 Å². The van der Waals surface area contributed by atoms with Crippen LogP contribution in [0.15, 0.2) is 18.2 Å². The molecule has 0 aliphatic carbocycles. The van der Waals surface area contributed by atoms with E-state index in [-0.39, 0.29) is 12.1 Å². The highest BCUT2D eigenvalue weighted by Gasteiger charge is 2.22. The number of esters is 1. The number of amides is 1. The van der Waals surface area contributed by atoms with Crippen LogP contribution >= 0.6 is 0 Å². The third-order valence-electron chi connectivity index (χ3n) is 3.91. The molecule has 1 amide bonds. The van der Waals surface area contributed by atoms with E-state index < -0.39 is 5.60 Å². The first-order chi connectivity index (χ1) is 12.1. The quantitative estimate of drug-likeness (QED) is 0.816. The van der Waals surface area contributed by atoms with Crippen molar-refractivity contribution in [3.05, 3.63) is 35.0 Å². The molecule has 0 aliphatic rings. The summed E-state index contributed by atoms with van der Waals surface area (Å²) in [6.45, 7) is 10.00. The number of aryl methyl sites for hydroxylation is 1. The highest BCUT2D eigenvalue weighted by atomic mass is 16.6. The number of ether oxygens (including phenoxy) is 2. The van der Waals surface area contributed by atoms with Crippen molar-refractivity contribution in [1.82, 2.24) is 9.88 Å². The average molecular weight is 360 g/mol. The van der Waals surface area contributed by atoms with Gasteiger partial charge in [0.15, 0.2) is 0 Å². The molecule has 0 spiro atoms. The Hall–Kier alpha value is -2.50. The number of aromatic nitrogens is 1. The molecule has 0 radical (unpaired) electrons. The molecule has 1 aromatic heterocycles. The van der Waals surface area contributed by atoms with E-state index in [4.69, 9.17) is 9.47 Å². The van der Waals surface area contributed by atoms with Crippen LogP contribution in [0, 0.1) is 6.92 Å². The molecule has 2 aromatic rings. The van der Waals surface area contributed by atoms with Crippen molar-refractivity contribution in [2.24, 2.45) is 0 Å². The van der Waals surface area contributed by atoms with Gasteiger partial charge in [-0.15, -0.1) is 0 Å². The minimum Gasteiger partial charge on any atom is -0.462 e. The highest BCUT2D eigenvalue weighted by Crippen LogP contribution is 2.25. The Morgan fingerprint density at radius 2 is 1.92 bits per heavy atom. The summed E-state index contributed by atoms with van der Waals surface area (Å²) < 4.78 is 10.6. The van der Waals surface area contributed by atoms with Crippen molar-refractivity contribution in [2.45, 2.75) is 46.6 Å². The van der Waals surface area contributed by atoms with E-state index in [9.17, 15) is 9.59 Å². The van der Waals surface area contributed by atoms with Crippen LogP contribution in [-0.2, 0) is 15.9 Å². The number of nitrogens with one attached hydrogen (secondary N) is 1. The maximum atomic E-state index is 12.5. The molecule has 26 heavy (non-hydrogen) atoms. The van der Waals surface area contributed by atoms with Crippen LogP contribution in [0.2, 0.25) is 0 Å². The molecule has 0 aliphatic heterocycles. The monoisotopic (exact) mass is 360 g/mol. The Bertz CT molecular complexity index is 802. The zero-order valence-electron chi connectivity index (χ0n) is 16.4. The van der Waals surface area contributed by atoms with E-state index in [1.54, 1.807) is 14.0 Å². The van der Waals surface area contributed by atoms with Crippen LogP contribution in [0.3, 0.4) is 0 Å². The van der Waals surface area contributed by atoms with Crippen molar-refractivity contribution in [3.63, 3.8) is 0 Å². The number of fused-ring (bicyclic) bond motifs is 1. The Morgan fingerprint density at radius 3 is 2.54 bits per heavy atom. The van der Waals surface area contributed by atoms with Crippen molar-refractivity contribution >= 4 is 23.0 Å². The molecular weight excluding hydrogens is 332 g/mol. The number of carbonyl (C=O) groups excluding carboxylic acids is 2. The van der Waals surface area contributed by atoms with Gasteiger partial charge in [-0.2, -0.15) is 0 Å². The average Bonchev–Trinajstić information content (AvgIpc) is 2.88. The summed E-state index contributed by atoms with van der Waals surface area (Å²) in [5.74, 6) is -0.348. The molecule has 0 saturated heterocycles. The first-order valence-corrected chi connectivity index (χ1v) is 8.85. The molecule has 0 saturated carbocycles. The van der Waals surface area contributed by atoms with Gasteiger partial charge in [0.25, 0.3) is 0 Å². The van der Waals surface area contributed by atoms with Gasteiger partial charge in [-0.3, -0.25) is 0 Å². The van der Waals surface area contributed by atoms with E-state index in [0.717, 1.165) is 22.2 Å². The maximum absolute atomic E-state index is 12.5. The van der Waals surface area contributed by atoms with Crippen molar-refractivity contribution in [2.75, 3.05) is 20.2 Å². The number of nitrogens with zero attached hydrogens (tertiary/aromatic N) is 1. The number of hydrogen-bond donors (Lipinski definition) is 1. The topological polar surface area (TPSA) is 71.6 Å².